The van der Waals surface area contributed by atoms with Gasteiger partial charge in [0.2, 0.25) is 0 Å². The third kappa shape index (κ3) is 3.03. The molecule has 1 aliphatic heterocycles. The molecular formula is C27H25N3. The third-order valence-corrected chi connectivity index (χ3v) is 5.94. The van der Waals surface area contributed by atoms with Gasteiger partial charge in [0.1, 0.15) is 0 Å². The molecule has 0 atom stereocenters. The largest absolute Gasteiger partial charge is 0.372 e. The van der Waals surface area contributed by atoms with Crippen molar-refractivity contribution in [3.05, 3.63) is 95.7 Å². The highest BCUT2D eigenvalue weighted by atomic mass is 15.1. The van der Waals surface area contributed by atoms with Crippen LogP contribution in [-0.2, 0) is 0 Å². The Bertz CT molecular complexity index is 1250. The highest BCUT2D eigenvalue weighted by Gasteiger charge is 2.21. The summed E-state index contributed by atoms with van der Waals surface area (Å²) in [5.41, 5.74) is 9.42. The van der Waals surface area contributed by atoms with Gasteiger partial charge in [-0.15, -0.1) is 0 Å². The van der Waals surface area contributed by atoms with E-state index in [0.29, 0.717) is 0 Å². The van der Waals surface area contributed by atoms with Crippen molar-refractivity contribution in [3.63, 3.8) is 0 Å². The number of fused-ring (bicyclic) bond motifs is 2. The van der Waals surface area contributed by atoms with Crippen molar-refractivity contribution in [3.8, 4) is 0 Å². The maximum atomic E-state index is 4.69. The predicted molar refractivity (Wildman–Crippen MR) is 129 cm³/mol. The van der Waals surface area contributed by atoms with Gasteiger partial charge in [-0.25, -0.2) is 0 Å². The Kier molecular flexibility index (Phi) is 4.72. The quantitative estimate of drug-likeness (QED) is 0.404. The summed E-state index contributed by atoms with van der Waals surface area (Å²) in [5.74, 6) is 0. The molecule has 5 rings (SSSR count). The van der Waals surface area contributed by atoms with E-state index < -0.39 is 0 Å². The van der Waals surface area contributed by atoms with Gasteiger partial charge in [-0.2, -0.15) is 0 Å². The van der Waals surface area contributed by atoms with Crippen LogP contribution in [0.2, 0.25) is 0 Å². The molecule has 0 radical (unpaired) electrons. The summed E-state index contributed by atoms with van der Waals surface area (Å²) in [5, 5.41) is 1.23. The van der Waals surface area contributed by atoms with Crippen molar-refractivity contribution in [1.29, 1.82) is 0 Å². The second-order valence-corrected chi connectivity index (χ2v) is 7.53. The number of benzene rings is 3. The molecule has 0 bridgehead atoms. The van der Waals surface area contributed by atoms with E-state index in [2.05, 4.69) is 102 Å². The number of rotatable bonds is 5. The maximum Gasteiger partial charge on any atom is 0.0709 e. The molecule has 3 heteroatoms. The number of hydrogen-bond donors (Lipinski definition) is 1. The van der Waals surface area contributed by atoms with Crippen LogP contribution < -0.4 is 4.90 Å². The van der Waals surface area contributed by atoms with Crippen LogP contribution in [0.15, 0.2) is 84.0 Å². The van der Waals surface area contributed by atoms with E-state index in [9.17, 15) is 0 Å². The smallest absolute Gasteiger partial charge is 0.0709 e. The van der Waals surface area contributed by atoms with Gasteiger partial charge in [0.05, 0.1) is 5.69 Å². The van der Waals surface area contributed by atoms with Crippen molar-refractivity contribution < 1.29 is 0 Å². The Morgan fingerprint density at radius 2 is 1.60 bits per heavy atom. The minimum atomic E-state index is 1.01. The summed E-state index contributed by atoms with van der Waals surface area (Å²) in [6.45, 7) is 6.41. The predicted octanol–water partition coefficient (Wildman–Crippen LogP) is 6.69. The van der Waals surface area contributed by atoms with Crippen molar-refractivity contribution >= 4 is 39.6 Å². The number of H-pyrrole nitrogens is 1. The van der Waals surface area contributed by atoms with Crippen LogP contribution in [-0.4, -0.2) is 24.3 Å². The zero-order valence-electron chi connectivity index (χ0n) is 17.4. The first-order valence-corrected chi connectivity index (χ1v) is 10.6. The average Bonchev–Trinajstić information content (AvgIpc) is 3.41. The minimum absolute atomic E-state index is 1.01. The van der Waals surface area contributed by atoms with Gasteiger partial charge in [0.15, 0.2) is 0 Å². The zero-order valence-corrected chi connectivity index (χ0v) is 17.4. The minimum Gasteiger partial charge on any atom is -0.372 e. The number of aliphatic imine (C=N–C) groups is 1. The number of nitrogens with zero attached hydrogens (tertiary/aromatic N) is 2. The number of aromatic amines is 1. The first-order valence-electron chi connectivity index (χ1n) is 10.6. The van der Waals surface area contributed by atoms with Gasteiger partial charge in [-0.3, -0.25) is 4.99 Å². The Morgan fingerprint density at radius 3 is 2.40 bits per heavy atom. The molecule has 1 aliphatic rings. The highest BCUT2D eigenvalue weighted by Crippen LogP contribution is 2.41. The van der Waals surface area contributed by atoms with Gasteiger partial charge in [-0.05, 0) is 43.7 Å². The normalized spacial score (nSPS) is 14.2. The van der Waals surface area contributed by atoms with Crippen LogP contribution in [0.3, 0.4) is 0 Å². The Hall–Kier alpha value is -3.59. The van der Waals surface area contributed by atoms with E-state index in [1.54, 1.807) is 0 Å². The van der Waals surface area contributed by atoms with Gasteiger partial charge < -0.3 is 9.88 Å². The lowest BCUT2D eigenvalue weighted by Gasteiger charge is -2.21. The van der Waals surface area contributed by atoms with E-state index in [-0.39, 0.29) is 0 Å². The Labute approximate surface area is 177 Å². The number of para-hydroxylation sites is 2. The fourth-order valence-corrected chi connectivity index (χ4v) is 4.38. The maximum absolute atomic E-state index is 4.69. The molecule has 0 fully saturated rings. The van der Waals surface area contributed by atoms with Crippen molar-refractivity contribution in [2.24, 2.45) is 4.99 Å². The molecule has 1 N–H and O–H groups in total. The van der Waals surface area contributed by atoms with Crippen LogP contribution in [0.1, 0.15) is 30.5 Å². The standard InChI is InChI=1S/C27H25N3/c1-3-30(4-2)20-15-13-19(14-16-20)27(23-17-28-25-11-7-5-9-21(23)25)24-18-29-26-12-8-6-10-22(24)26/h5-18,28H,3-4H2,1-2H3/b27-24+. The lowest BCUT2D eigenvalue weighted by atomic mass is 9.90. The first kappa shape index (κ1) is 18.4. The monoisotopic (exact) mass is 391 g/mol. The van der Waals surface area contributed by atoms with Crippen LogP contribution in [0, 0.1) is 0 Å². The van der Waals surface area contributed by atoms with Crippen LogP contribution in [0.4, 0.5) is 11.4 Å². The summed E-state index contributed by atoms with van der Waals surface area (Å²) < 4.78 is 0. The molecule has 1 aromatic heterocycles. The topological polar surface area (TPSA) is 31.4 Å². The van der Waals surface area contributed by atoms with Crippen LogP contribution in [0.5, 0.6) is 0 Å². The Morgan fingerprint density at radius 1 is 0.867 bits per heavy atom. The van der Waals surface area contributed by atoms with Gasteiger partial charge in [-0.1, -0.05) is 48.5 Å². The molecular weight excluding hydrogens is 366 g/mol. The van der Waals surface area contributed by atoms with E-state index in [4.69, 9.17) is 0 Å². The molecule has 0 saturated carbocycles. The summed E-state index contributed by atoms with van der Waals surface area (Å²) in [6.07, 6.45) is 4.14. The summed E-state index contributed by atoms with van der Waals surface area (Å²) in [7, 11) is 0. The molecule has 3 nitrogen and oxygen atoms in total. The lowest BCUT2D eigenvalue weighted by Crippen LogP contribution is -2.21. The second kappa shape index (κ2) is 7.68. The van der Waals surface area contributed by atoms with Gasteiger partial charge in [0.25, 0.3) is 0 Å². The molecule has 2 heterocycles. The highest BCUT2D eigenvalue weighted by molar-refractivity contribution is 6.27. The molecule has 0 unspecified atom stereocenters. The first-order chi connectivity index (χ1) is 14.8. The Balaban J connectivity index is 1.73. The summed E-state index contributed by atoms with van der Waals surface area (Å²) in [4.78, 5) is 10.5. The average molecular weight is 392 g/mol. The molecule has 3 aromatic carbocycles. The number of aromatic nitrogens is 1. The lowest BCUT2D eigenvalue weighted by molar-refractivity contribution is 0.866. The van der Waals surface area contributed by atoms with Gasteiger partial charge in [0, 0.05) is 64.4 Å². The molecule has 0 aliphatic carbocycles. The molecule has 0 saturated heterocycles. The van der Waals surface area contributed by atoms with Crippen molar-refractivity contribution in [2.45, 2.75) is 13.8 Å². The number of anilines is 1. The molecule has 30 heavy (non-hydrogen) atoms. The molecule has 4 aromatic rings. The van der Waals surface area contributed by atoms with Crippen molar-refractivity contribution in [2.75, 3.05) is 18.0 Å². The molecule has 0 spiro atoms. The zero-order chi connectivity index (χ0) is 20.5. The van der Waals surface area contributed by atoms with Gasteiger partial charge >= 0.3 is 0 Å². The van der Waals surface area contributed by atoms with E-state index in [0.717, 1.165) is 24.3 Å². The molecule has 148 valence electrons. The summed E-state index contributed by atoms with van der Waals surface area (Å²) in [6, 6.07) is 25.8. The fourth-order valence-electron chi connectivity index (χ4n) is 4.38. The van der Waals surface area contributed by atoms with Crippen LogP contribution >= 0.6 is 0 Å². The third-order valence-electron chi connectivity index (χ3n) is 5.94. The number of allylic oxidation sites excluding steroid dienone is 1. The van der Waals surface area contributed by atoms with E-state index in [1.165, 1.54) is 38.9 Å². The summed E-state index contributed by atoms with van der Waals surface area (Å²) >= 11 is 0. The van der Waals surface area contributed by atoms with Crippen molar-refractivity contribution in [1.82, 2.24) is 4.98 Å². The fraction of sp³-hybridized carbons (Fsp3) is 0.148. The second-order valence-electron chi connectivity index (χ2n) is 7.53. The van der Waals surface area contributed by atoms with Crippen LogP contribution in [0.25, 0.3) is 22.0 Å². The van der Waals surface area contributed by atoms with E-state index >= 15 is 0 Å². The number of nitrogens with one attached hydrogen (secondary N) is 1. The molecule has 0 amide bonds. The number of hydrogen-bond acceptors (Lipinski definition) is 2. The van der Waals surface area contributed by atoms with E-state index in [1.807, 2.05) is 12.3 Å². The SMILES string of the molecule is CCN(CC)c1ccc(/C(=C2/C=Nc3ccccc32)c2c[nH]c3ccccc23)cc1.